The highest BCUT2D eigenvalue weighted by molar-refractivity contribution is 5.86. The van der Waals surface area contributed by atoms with Crippen LogP contribution in [0.25, 0.3) is 22.4 Å². The summed E-state index contributed by atoms with van der Waals surface area (Å²) in [5, 5.41) is 0. The van der Waals surface area contributed by atoms with Gasteiger partial charge in [-0.1, -0.05) is 0 Å². The molecule has 0 spiro atoms. The number of imidazole rings is 1. The van der Waals surface area contributed by atoms with Crippen molar-refractivity contribution in [3.63, 3.8) is 0 Å². The van der Waals surface area contributed by atoms with Crippen LogP contribution in [0.3, 0.4) is 0 Å². The van der Waals surface area contributed by atoms with E-state index in [1.54, 1.807) is 14.2 Å². The summed E-state index contributed by atoms with van der Waals surface area (Å²) in [4.78, 5) is 13.1. The summed E-state index contributed by atoms with van der Waals surface area (Å²) in [6.07, 6.45) is 0. The van der Waals surface area contributed by atoms with Gasteiger partial charge in [-0.2, -0.15) is 0 Å². The van der Waals surface area contributed by atoms with E-state index in [4.69, 9.17) is 14.5 Å². The quantitative estimate of drug-likeness (QED) is 0.768. The molecule has 0 bridgehead atoms. The number of rotatable bonds is 4. The number of ether oxygens (including phenoxy) is 2. The number of fused-ring (bicyclic) bond motifs is 1. The second-order valence-electron chi connectivity index (χ2n) is 7.14. The van der Waals surface area contributed by atoms with Crippen LogP contribution in [0.15, 0.2) is 30.3 Å². The standard InChI is InChI=1S/C21H26N4O2/c1-14-9-16(25-7-5-24(2)6-8-25)12-19-20(14)23-21(22-19)15-10-17(26-3)13-18(11-15)27-4/h9-13H,5-8H2,1-4H3,(H,22,23). The van der Waals surface area contributed by atoms with Crippen molar-refractivity contribution >= 4 is 16.7 Å². The molecule has 0 amide bonds. The Hall–Kier alpha value is -2.73. The lowest BCUT2D eigenvalue weighted by Crippen LogP contribution is -2.44. The van der Waals surface area contributed by atoms with Gasteiger partial charge in [0.1, 0.15) is 17.3 Å². The second kappa shape index (κ2) is 7.12. The maximum atomic E-state index is 5.39. The van der Waals surface area contributed by atoms with Gasteiger partial charge >= 0.3 is 0 Å². The fourth-order valence-electron chi connectivity index (χ4n) is 3.60. The maximum absolute atomic E-state index is 5.39. The van der Waals surface area contributed by atoms with Gasteiger partial charge in [0.15, 0.2) is 0 Å². The van der Waals surface area contributed by atoms with Crippen LogP contribution >= 0.6 is 0 Å². The fourth-order valence-corrected chi connectivity index (χ4v) is 3.60. The molecule has 1 aliphatic rings. The summed E-state index contributed by atoms with van der Waals surface area (Å²) in [7, 11) is 5.49. The molecule has 4 rings (SSSR count). The van der Waals surface area contributed by atoms with E-state index in [9.17, 15) is 0 Å². The van der Waals surface area contributed by atoms with E-state index >= 15 is 0 Å². The molecule has 6 heteroatoms. The van der Waals surface area contributed by atoms with Crippen molar-refractivity contribution in [1.29, 1.82) is 0 Å². The van der Waals surface area contributed by atoms with Gasteiger partial charge in [-0.3, -0.25) is 0 Å². The predicted molar refractivity (Wildman–Crippen MR) is 109 cm³/mol. The number of aromatic amines is 1. The first-order valence-electron chi connectivity index (χ1n) is 9.24. The maximum Gasteiger partial charge on any atom is 0.138 e. The molecule has 0 radical (unpaired) electrons. The lowest BCUT2D eigenvalue weighted by Gasteiger charge is -2.34. The highest BCUT2D eigenvalue weighted by Crippen LogP contribution is 2.32. The first-order valence-corrected chi connectivity index (χ1v) is 9.24. The Balaban J connectivity index is 1.73. The number of aromatic nitrogens is 2. The van der Waals surface area contributed by atoms with Gasteiger partial charge in [0, 0.05) is 43.5 Å². The number of nitrogens with one attached hydrogen (secondary N) is 1. The largest absolute Gasteiger partial charge is 0.497 e. The Morgan fingerprint density at radius 2 is 1.59 bits per heavy atom. The molecule has 1 fully saturated rings. The minimum atomic E-state index is 0.750. The van der Waals surface area contributed by atoms with Crippen molar-refractivity contribution in [2.45, 2.75) is 6.92 Å². The molecule has 0 atom stereocenters. The molecule has 0 saturated carbocycles. The van der Waals surface area contributed by atoms with E-state index in [0.717, 1.165) is 60.1 Å². The third kappa shape index (κ3) is 3.45. The van der Waals surface area contributed by atoms with Crippen LogP contribution in [0.2, 0.25) is 0 Å². The summed E-state index contributed by atoms with van der Waals surface area (Å²) >= 11 is 0. The molecular formula is C21H26N4O2. The topological polar surface area (TPSA) is 53.6 Å². The molecule has 1 aromatic heterocycles. The molecule has 2 heterocycles. The van der Waals surface area contributed by atoms with Gasteiger partial charge in [-0.05, 0) is 43.8 Å². The molecule has 2 aromatic carbocycles. The van der Waals surface area contributed by atoms with Crippen molar-refractivity contribution in [3.8, 4) is 22.9 Å². The average molecular weight is 366 g/mol. The van der Waals surface area contributed by atoms with Crippen LogP contribution in [0.1, 0.15) is 5.56 Å². The first kappa shape index (κ1) is 17.7. The smallest absolute Gasteiger partial charge is 0.138 e. The normalized spacial score (nSPS) is 15.3. The summed E-state index contributed by atoms with van der Waals surface area (Å²) < 4.78 is 10.8. The van der Waals surface area contributed by atoms with E-state index < -0.39 is 0 Å². The van der Waals surface area contributed by atoms with Gasteiger partial charge in [0.2, 0.25) is 0 Å². The van der Waals surface area contributed by atoms with Crippen LogP contribution in [0.4, 0.5) is 5.69 Å². The van der Waals surface area contributed by atoms with Gasteiger partial charge in [-0.15, -0.1) is 0 Å². The van der Waals surface area contributed by atoms with Crippen LogP contribution in [0, 0.1) is 6.92 Å². The van der Waals surface area contributed by atoms with Gasteiger partial charge in [0.05, 0.1) is 25.3 Å². The van der Waals surface area contributed by atoms with Crippen molar-refractivity contribution in [2.75, 3.05) is 52.3 Å². The van der Waals surface area contributed by atoms with E-state index in [-0.39, 0.29) is 0 Å². The van der Waals surface area contributed by atoms with E-state index in [1.165, 1.54) is 11.3 Å². The van der Waals surface area contributed by atoms with E-state index in [1.807, 2.05) is 18.2 Å². The molecule has 6 nitrogen and oxygen atoms in total. The Morgan fingerprint density at radius 1 is 0.926 bits per heavy atom. The lowest BCUT2D eigenvalue weighted by molar-refractivity contribution is 0.313. The lowest BCUT2D eigenvalue weighted by atomic mass is 10.1. The Morgan fingerprint density at radius 3 is 2.22 bits per heavy atom. The summed E-state index contributed by atoms with van der Waals surface area (Å²) in [5.41, 5.74) is 5.44. The highest BCUT2D eigenvalue weighted by Gasteiger charge is 2.17. The molecule has 1 N–H and O–H groups in total. The third-order valence-electron chi connectivity index (χ3n) is 5.26. The summed E-state index contributed by atoms with van der Waals surface area (Å²) in [6.45, 7) is 6.41. The Kier molecular flexibility index (Phi) is 4.66. The minimum absolute atomic E-state index is 0.750. The number of H-pyrrole nitrogens is 1. The molecule has 27 heavy (non-hydrogen) atoms. The molecule has 1 saturated heterocycles. The van der Waals surface area contributed by atoms with Crippen LogP contribution in [0.5, 0.6) is 11.5 Å². The number of anilines is 1. The number of nitrogens with zero attached hydrogens (tertiary/aromatic N) is 3. The van der Waals surface area contributed by atoms with Gasteiger partial charge in [0.25, 0.3) is 0 Å². The molecular weight excluding hydrogens is 340 g/mol. The van der Waals surface area contributed by atoms with E-state index in [0.29, 0.717) is 0 Å². The van der Waals surface area contributed by atoms with Crippen molar-refractivity contribution in [3.05, 3.63) is 35.9 Å². The molecule has 1 aliphatic heterocycles. The van der Waals surface area contributed by atoms with Gasteiger partial charge < -0.3 is 24.3 Å². The van der Waals surface area contributed by atoms with Crippen LogP contribution < -0.4 is 14.4 Å². The van der Waals surface area contributed by atoms with Crippen LogP contribution in [-0.2, 0) is 0 Å². The number of hydrogen-bond acceptors (Lipinski definition) is 5. The number of hydrogen-bond donors (Lipinski definition) is 1. The summed E-state index contributed by atoms with van der Waals surface area (Å²) in [6, 6.07) is 10.3. The van der Waals surface area contributed by atoms with Crippen LogP contribution in [-0.4, -0.2) is 62.3 Å². The third-order valence-corrected chi connectivity index (χ3v) is 5.26. The monoisotopic (exact) mass is 366 g/mol. The number of aryl methyl sites for hydroxylation is 1. The van der Waals surface area contributed by atoms with Crippen molar-refractivity contribution < 1.29 is 9.47 Å². The number of benzene rings is 2. The zero-order valence-electron chi connectivity index (χ0n) is 16.4. The first-order chi connectivity index (χ1) is 13.1. The van der Waals surface area contributed by atoms with Crippen molar-refractivity contribution in [1.82, 2.24) is 14.9 Å². The summed E-state index contributed by atoms with van der Waals surface area (Å²) in [5.74, 6) is 2.32. The van der Waals surface area contributed by atoms with Crippen molar-refractivity contribution in [2.24, 2.45) is 0 Å². The number of methoxy groups -OCH3 is 2. The molecule has 0 unspecified atom stereocenters. The minimum Gasteiger partial charge on any atom is -0.497 e. The number of likely N-dealkylation sites (N-methyl/N-ethyl adjacent to an activating group) is 1. The zero-order chi connectivity index (χ0) is 19.0. The molecule has 3 aromatic rings. The zero-order valence-corrected chi connectivity index (χ0v) is 16.4. The Bertz CT molecular complexity index is 936. The van der Waals surface area contributed by atoms with E-state index in [2.05, 4.69) is 40.9 Å². The highest BCUT2D eigenvalue weighted by atomic mass is 16.5. The number of piperazine rings is 1. The predicted octanol–water partition coefficient (Wildman–Crippen LogP) is 3.31. The Labute approximate surface area is 159 Å². The van der Waals surface area contributed by atoms with Gasteiger partial charge in [-0.25, -0.2) is 4.98 Å². The molecule has 142 valence electrons. The average Bonchev–Trinajstić information content (AvgIpc) is 3.13. The SMILES string of the molecule is COc1cc(OC)cc(-c2nc3c(C)cc(N4CCN(C)CC4)cc3[nH]2)c1. The fraction of sp³-hybridized carbons (Fsp3) is 0.381. The second-order valence-corrected chi connectivity index (χ2v) is 7.14. The molecule has 0 aliphatic carbocycles.